The number of rotatable bonds is 9. The van der Waals surface area contributed by atoms with Crippen LogP contribution in [0.4, 0.5) is 10.5 Å². The van der Waals surface area contributed by atoms with Gasteiger partial charge in [-0.2, -0.15) is 0 Å². The van der Waals surface area contributed by atoms with Gasteiger partial charge >= 0.3 is 12.0 Å². The molecule has 4 amide bonds. The number of amides is 4. The van der Waals surface area contributed by atoms with Crippen LogP contribution in [0.3, 0.4) is 0 Å². The Morgan fingerprint density at radius 2 is 1.69 bits per heavy atom. The highest BCUT2D eigenvalue weighted by Gasteiger charge is 2.18. The first-order chi connectivity index (χ1) is 13.5. The van der Waals surface area contributed by atoms with Crippen molar-refractivity contribution in [2.75, 3.05) is 18.4 Å². The third-order valence-corrected chi connectivity index (χ3v) is 3.55. The van der Waals surface area contributed by atoms with Crippen molar-refractivity contribution in [2.24, 2.45) is 11.5 Å². The van der Waals surface area contributed by atoms with Crippen LogP contribution in [-0.4, -0.2) is 48.5 Å². The normalized spacial score (nSPS) is 11.9. The van der Waals surface area contributed by atoms with Gasteiger partial charge in [0.2, 0.25) is 11.8 Å². The van der Waals surface area contributed by atoms with Crippen LogP contribution in [0.2, 0.25) is 0 Å². The number of carbonyl (C=O) groups is 4. The first-order valence-corrected chi connectivity index (χ1v) is 9.18. The molecule has 1 aromatic rings. The molecule has 7 N–H and O–H groups in total. The fourth-order valence-electron chi connectivity index (χ4n) is 2.19. The number of hydrogen-bond acceptors (Lipinski definition) is 6. The molecule has 0 saturated heterocycles. The minimum absolute atomic E-state index is 0.250. The molecule has 0 fully saturated rings. The number of esters is 1. The van der Waals surface area contributed by atoms with Gasteiger partial charge in [0.1, 0.15) is 5.60 Å². The molecule has 0 radical (unpaired) electrons. The second-order valence-corrected chi connectivity index (χ2v) is 7.38. The molecule has 29 heavy (non-hydrogen) atoms. The van der Waals surface area contributed by atoms with Gasteiger partial charge < -0.3 is 32.2 Å². The van der Waals surface area contributed by atoms with E-state index in [1.54, 1.807) is 32.9 Å². The summed E-state index contributed by atoms with van der Waals surface area (Å²) in [6.45, 7) is 5.39. The van der Waals surface area contributed by atoms with Crippen LogP contribution in [0.15, 0.2) is 24.3 Å². The Labute approximate surface area is 169 Å². The number of carbonyl (C=O) groups excluding carboxylic acids is 4. The van der Waals surface area contributed by atoms with Gasteiger partial charge in [-0.05, 0) is 57.9 Å². The number of urea groups is 1. The quantitative estimate of drug-likeness (QED) is 0.295. The molecule has 0 aliphatic carbocycles. The molecule has 1 rings (SSSR count). The second-order valence-electron chi connectivity index (χ2n) is 7.38. The topological polar surface area (TPSA) is 166 Å². The summed E-state index contributed by atoms with van der Waals surface area (Å²) < 4.78 is 5.27. The summed E-state index contributed by atoms with van der Waals surface area (Å²) in [4.78, 5) is 46.4. The summed E-state index contributed by atoms with van der Waals surface area (Å²) in [7, 11) is 0. The lowest BCUT2D eigenvalue weighted by molar-refractivity contribution is -0.125. The van der Waals surface area contributed by atoms with E-state index in [0.29, 0.717) is 30.6 Å². The molecule has 10 heteroatoms. The van der Waals surface area contributed by atoms with Crippen LogP contribution in [0.5, 0.6) is 0 Å². The highest BCUT2D eigenvalue weighted by atomic mass is 16.6. The molecule has 0 aromatic heterocycles. The van der Waals surface area contributed by atoms with E-state index in [0.717, 1.165) is 0 Å². The summed E-state index contributed by atoms with van der Waals surface area (Å²) in [5.41, 5.74) is 10.9. The molecule has 0 saturated carbocycles. The van der Waals surface area contributed by atoms with Gasteiger partial charge in [0.25, 0.3) is 0 Å². The van der Waals surface area contributed by atoms with Gasteiger partial charge in [-0.25, -0.2) is 9.59 Å². The van der Waals surface area contributed by atoms with Crippen molar-refractivity contribution in [2.45, 2.75) is 45.3 Å². The van der Waals surface area contributed by atoms with Gasteiger partial charge in [0, 0.05) is 12.2 Å². The number of anilines is 1. The maximum atomic E-state index is 12.0. The lowest BCUT2D eigenvalue weighted by Gasteiger charge is -2.19. The molecular weight excluding hydrogens is 378 g/mol. The Kier molecular flexibility index (Phi) is 9.07. The Morgan fingerprint density at radius 3 is 2.24 bits per heavy atom. The summed E-state index contributed by atoms with van der Waals surface area (Å²) in [5, 5.41) is 7.45. The van der Waals surface area contributed by atoms with Crippen molar-refractivity contribution in [3.8, 4) is 0 Å². The molecule has 0 heterocycles. The Bertz CT molecular complexity index is 728. The Morgan fingerprint density at radius 1 is 1.07 bits per heavy atom. The van der Waals surface area contributed by atoms with Crippen LogP contribution in [-0.2, 0) is 14.3 Å². The fraction of sp³-hybridized carbons (Fsp3) is 0.474. The fourth-order valence-corrected chi connectivity index (χ4v) is 2.19. The highest BCUT2D eigenvalue weighted by molar-refractivity contribution is 5.96. The lowest BCUT2D eigenvalue weighted by Crippen LogP contribution is -2.44. The van der Waals surface area contributed by atoms with Gasteiger partial charge in [0.15, 0.2) is 0 Å². The van der Waals surface area contributed by atoms with Gasteiger partial charge in [-0.3, -0.25) is 9.59 Å². The zero-order chi connectivity index (χ0) is 22.0. The van der Waals surface area contributed by atoms with Crippen LogP contribution in [0.25, 0.3) is 0 Å². The zero-order valence-corrected chi connectivity index (χ0v) is 16.9. The number of nitrogens with two attached hydrogens (primary N) is 2. The monoisotopic (exact) mass is 407 g/mol. The lowest BCUT2D eigenvalue weighted by atomic mass is 10.1. The average Bonchev–Trinajstić information content (AvgIpc) is 2.62. The number of hydrogen-bond donors (Lipinski definition) is 5. The van der Waals surface area contributed by atoms with Crippen LogP contribution < -0.4 is 27.4 Å². The van der Waals surface area contributed by atoms with Crippen LogP contribution in [0.1, 0.15) is 44.0 Å². The van der Waals surface area contributed by atoms with E-state index in [2.05, 4.69) is 16.0 Å². The maximum Gasteiger partial charge on any atom is 0.338 e. The number of primary amides is 1. The maximum absolute atomic E-state index is 12.0. The zero-order valence-electron chi connectivity index (χ0n) is 16.9. The van der Waals surface area contributed by atoms with Crippen molar-refractivity contribution >= 4 is 29.5 Å². The van der Waals surface area contributed by atoms with Crippen LogP contribution >= 0.6 is 0 Å². The molecule has 0 spiro atoms. The molecule has 0 bridgehead atoms. The second kappa shape index (κ2) is 11.0. The molecule has 1 aromatic carbocycles. The van der Waals surface area contributed by atoms with Crippen molar-refractivity contribution < 1.29 is 23.9 Å². The molecule has 10 nitrogen and oxygen atoms in total. The van der Waals surface area contributed by atoms with Gasteiger partial charge in [-0.1, -0.05) is 0 Å². The molecule has 0 aliphatic heterocycles. The summed E-state index contributed by atoms with van der Waals surface area (Å²) in [6, 6.07) is 4.77. The summed E-state index contributed by atoms with van der Waals surface area (Å²) in [5.74, 6) is -1.37. The average molecular weight is 407 g/mol. The van der Waals surface area contributed by atoms with Crippen molar-refractivity contribution in [1.82, 2.24) is 10.6 Å². The summed E-state index contributed by atoms with van der Waals surface area (Å²) in [6.07, 6.45) is 0.813. The Balaban J connectivity index is 2.39. The third kappa shape index (κ3) is 10.1. The smallest absolute Gasteiger partial charge is 0.338 e. The van der Waals surface area contributed by atoms with Crippen LogP contribution in [0, 0.1) is 0 Å². The first kappa shape index (κ1) is 23.9. The number of nitrogens with one attached hydrogen (secondary N) is 3. The molecular formula is C19H29N5O5. The van der Waals surface area contributed by atoms with E-state index in [1.165, 1.54) is 12.1 Å². The van der Waals surface area contributed by atoms with Crippen molar-refractivity contribution in [1.29, 1.82) is 0 Å². The molecule has 160 valence electrons. The van der Waals surface area contributed by atoms with E-state index in [-0.39, 0.29) is 6.54 Å². The highest BCUT2D eigenvalue weighted by Crippen LogP contribution is 2.14. The Hall–Kier alpha value is -3.14. The SMILES string of the molecule is CC(C)(C)OC(=O)c1ccc(NC(=O)CNC(=O)C(N)CCCNC(N)=O)cc1. The van der Waals surface area contributed by atoms with E-state index < -0.39 is 35.5 Å². The first-order valence-electron chi connectivity index (χ1n) is 9.18. The van der Waals surface area contributed by atoms with Crippen molar-refractivity contribution in [3.63, 3.8) is 0 Å². The molecule has 1 unspecified atom stereocenters. The van der Waals surface area contributed by atoms with E-state index in [9.17, 15) is 19.2 Å². The van der Waals surface area contributed by atoms with E-state index in [1.807, 2.05) is 0 Å². The predicted molar refractivity (Wildman–Crippen MR) is 108 cm³/mol. The molecule has 0 aliphatic rings. The predicted octanol–water partition coefficient (Wildman–Crippen LogP) is 0.472. The number of ether oxygens (including phenoxy) is 1. The largest absolute Gasteiger partial charge is 0.456 e. The van der Waals surface area contributed by atoms with Gasteiger partial charge in [0.05, 0.1) is 18.2 Å². The third-order valence-electron chi connectivity index (χ3n) is 3.55. The van der Waals surface area contributed by atoms with E-state index >= 15 is 0 Å². The minimum Gasteiger partial charge on any atom is -0.456 e. The van der Waals surface area contributed by atoms with Crippen molar-refractivity contribution in [3.05, 3.63) is 29.8 Å². The number of benzene rings is 1. The van der Waals surface area contributed by atoms with E-state index in [4.69, 9.17) is 16.2 Å². The standard InChI is InChI=1S/C19H29N5O5/c1-19(2,3)29-17(27)12-6-8-13(9-7-12)24-15(25)11-23-16(26)14(20)5-4-10-22-18(21)28/h6-9,14H,4-5,10-11,20H2,1-3H3,(H,23,26)(H,24,25)(H3,21,22,28). The minimum atomic E-state index is -0.800. The van der Waals surface area contributed by atoms with Gasteiger partial charge in [-0.15, -0.1) is 0 Å². The molecule has 1 atom stereocenters. The summed E-state index contributed by atoms with van der Waals surface area (Å²) >= 11 is 0.